The molecular weight excluding hydrogens is 876 g/mol. The molecule has 0 N–H and O–H groups in total. The lowest BCUT2D eigenvalue weighted by atomic mass is 9.34. The van der Waals surface area contributed by atoms with Gasteiger partial charge in [0.25, 0.3) is 6.71 Å². The maximum absolute atomic E-state index is 7.40. The van der Waals surface area contributed by atoms with Gasteiger partial charge in [-0.1, -0.05) is 214 Å². The molecule has 0 amide bonds. The molecule has 2 aromatic heterocycles. The minimum atomic E-state index is -3.02. The van der Waals surface area contributed by atoms with Gasteiger partial charge in [0, 0.05) is 38.8 Å². The zero-order chi connectivity index (χ0) is 48.8. The number of hydrogen-bond donors (Lipinski definition) is 0. The van der Waals surface area contributed by atoms with E-state index in [2.05, 4.69) is 266 Å². The fourth-order valence-electron chi connectivity index (χ4n) is 12.4. The standard InChI is InChI=1S/C66H59BN2OSi/c1-64(2,3)42-32-34-56-51(36-42)52-37-44(66(7,8)9)39-54-62(52)69(56)57-40-45(41-59-61(57)67(54)53-38-43(65(4,5)6)33-35-58(53)70-59)68-55-30-20-19-28-49(55)50-29-21-31-60(63(50)68)71(46-22-13-10-14-23-46,47-24-15-11-16-25-47)48-26-17-12-18-27-48/h10-41H,1-9H3. The Morgan fingerprint density at radius 3 is 1.56 bits per heavy atom. The molecule has 0 atom stereocenters. The van der Waals surface area contributed by atoms with Crippen LogP contribution in [-0.4, -0.2) is 23.9 Å². The Kier molecular flexibility index (Phi) is 9.43. The second-order valence-electron chi connectivity index (χ2n) is 23.3. The van der Waals surface area contributed by atoms with Crippen LogP contribution in [0.3, 0.4) is 0 Å². The van der Waals surface area contributed by atoms with E-state index in [-0.39, 0.29) is 23.0 Å². The highest BCUT2D eigenvalue weighted by atomic mass is 28.3. The minimum absolute atomic E-state index is 0.0148. The summed E-state index contributed by atoms with van der Waals surface area (Å²) in [4.78, 5) is 0. The van der Waals surface area contributed by atoms with Gasteiger partial charge in [-0.2, -0.15) is 0 Å². The van der Waals surface area contributed by atoms with Gasteiger partial charge in [-0.3, -0.25) is 0 Å². The van der Waals surface area contributed by atoms with Crippen LogP contribution in [0.25, 0.3) is 55.0 Å². The molecule has 2 aliphatic rings. The Hall–Kier alpha value is -7.34. The Bertz CT molecular complexity index is 3860. The van der Waals surface area contributed by atoms with E-state index in [9.17, 15) is 0 Å². The van der Waals surface area contributed by atoms with Gasteiger partial charge in [-0.25, -0.2) is 0 Å². The number of hydrogen-bond acceptors (Lipinski definition) is 1. The van der Waals surface area contributed by atoms with Crippen LogP contribution in [-0.2, 0) is 16.2 Å². The smallest absolute Gasteiger partial charge is 0.256 e. The molecule has 4 heterocycles. The highest BCUT2D eigenvalue weighted by molar-refractivity contribution is 7.20. The van der Waals surface area contributed by atoms with Crippen LogP contribution in [0.5, 0.6) is 11.5 Å². The predicted molar refractivity (Wildman–Crippen MR) is 306 cm³/mol. The van der Waals surface area contributed by atoms with E-state index in [0.29, 0.717) is 0 Å². The molecule has 3 nitrogen and oxygen atoms in total. The maximum atomic E-state index is 7.40. The lowest BCUT2D eigenvalue weighted by Crippen LogP contribution is -2.75. The van der Waals surface area contributed by atoms with Crippen molar-refractivity contribution in [1.82, 2.24) is 9.13 Å². The molecule has 0 saturated carbocycles. The normalized spacial score (nSPS) is 13.5. The molecule has 0 bridgehead atoms. The molecule has 0 radical (unpaired) electrons. The van der Waals surface area contributed by atoms with Gasteiger partial charge >= 0.3 is 0 Å². The van der Waals surface area contributed by atoms with Crippen molar-refractivity contribution in [3.63, 3.8) is 0 Å². The van der Waals surface area contributed by atoms with Gasteiger partial charge in [0.05, 0.1) is 22.2 Å². The number of rotatable bonds is 5. The van der Waals surface area contributed by atoms with Crippen LogP contribution >= 0.6 is 0 Å². The molecule has 9 aromatic carbocycles. The lowest BCUT2D eigenvalue weighted by molar-refractivity contribution is 0.486. The molecule has 71 heavy (non-hydrogen) atoms. The van der Waals surface area contributed by atoms with Gasteiger partial charge in [-0.15, -0.1) is 0 Å². The Morgan fingerprint density at radius 1 is 0.394 bits per heavy atom. The van der Waals surface area contributed by atoms with E-state index in [4.69, 9.17) is 4.74 Å². The Morgan fingerprint density at radius 2 is 0.930 bits per heavy atom. The first kappa shape index (κ1) is 43.7. The molecule has 0 fully saturated rings. The van der Waals surface area contributed by atoms with Crippen molar-refractivity contribution in [3.8, 4) is 22.9 Å². The minimum Gasteiger partial charge on any atom is -0.458 e. The zero-order valence-corrected chi connectivity index (χ0v) is 43.4. The van der Waals surface area contributed by atoms with E-state index in [1.807, 2.05) is 0 Å². The summed E-state index contributed by atoms with van der Waals surface area (Å²) in [5.41, 5.74) is 14.9. The molecule has 0 unspecified atom stereocenters. The molecule has 2 aliphatic heterocycles. The maximum Gasteiger partial charge on any atom is 0.256 e. The van der Waals surface area contributed by atoms with Crippen molar-refractivity contribution < 1.29 is 4.74 Å². The van der Waals surface area contributed by atoms with E-state index in [1.165, 1.54) is 103 Å². The summed E-state index contributed by atoms with van der Waals surface area (Å²) in [5.74, 6) is 1.84. The molecule has 346 valence electrons. The van der Waals surface area contributed by atoms with Gasteiger partial charge in [-0.05, 0) is 106 Å². The van der Waals surface area contributed by atoms with Crippen LogP contribution in [0.4, 0.5) is 0 Å². The average molecular weight is 935 g/mol. The van der Waals surface area contributed by atoms with Gasteiger partial charge < -0.3 is 13.9 Å². The van der Waals surface area contributed by atoms with Crippen LogP contribution in [0.1, 0.15) is 79.0 Å². The van der Waals surface area contributed by atoms with Crippen LogP contribution in [0.2, 0.25) is 0 Å². The van der Waals surface area contributed by atoms with Crippen molar-refractivity contribution in [1.29, 1.82) is 0 Å². The second-order valence-corrected chi connectivity index (χ2v) is 27.1. The molecule has 0 spiro atoms. The van der Waals surface area contributed by atoms with E-state index >= 15 is 0 Å². The first-order chi connectivity index (χ1) is 34.1. The monoisotopic (exact) mass is 934 g/mol. The van der Waals surface area contributed by atoms with Crippen molar-refractivity contribution in [2.45, 2.75) is 78.6 Å². The Balaban J connectivity index is 1.20. The highest BCUT2D eigenvalue weighted by Crippen LogP contribution is 2.43. The fourth-order valence-corrected chi connectivity index (χ4v) is 17.3. The number of ether oxygens (including phenoxy) is 1. The van der Waals surface area contributed by atoms with Gasteiger partial charge in [0.1, 0.15) is 11.5 Å². The average Bonchev–Trinajstić information content (AvgIpc) is 3.89. The highest BCUT2D eigenvalue weighted by Gasteiger charge is 2.45. The van der Waals surface area contributed by atoms with Crippen molar-refractivity contribution >= 4 is 95.5 Å². The predicted octanol–water partition coefficient (Wildman–Crippen LogP) is 12.1. The number of para-hydroxylation sites is 2. The number of nitrogens with zero attached hydrogens (tertiary/aromatic N) is 2. The molecule has 13 rings (SSSR count). The summed E-state index contributed by atoms with van der Waals surface area (Å²) in [6.45, 7) is 21.0. The van der Waals surface area contributed by atoms with Crippen molar-refractivity contribution in [3.05, 3.63) is 211 Å². The summed E-state index contributed by atoms with van der Waals surface area (Å²) < 4.78 is 12.6. The quantitative estimate of drug-likeness (QED) is 0.124. The topological polar surface area (TPSA) is 19.1 Å². The number of fused-ring (bicyclic) bond motifs is 10. The van der Waals surface area contributed by atoms with Crippen molar-refractivity contribution in [2.24, 2.45) is 0 Å². The number of aromatic nitrogens is 2. The largest absolute Gasteiger partial charge is 0.458 e. The van der Waals surface area contributed by atoms with E-state index in [0.717, 1.165) is 17.2 Å². The van der Waals surface area contributed by atoms with E-state index in [1.54, 1.807) is 0 Å². The first-order valence-corrected chi connectivity index (χ1v) is 27.5. The fraction of sp³-hybridized carbons (Fsp3) is 0.182. The summed E-state index contributed by atoms with van der Waals surface area (Å²) in [6.07, 6.45) is 0. The third kappa shape index (κ3) is 6.41. The van der Waals surface area contributed by atoms with E-state index < -0.39 is 8.07 Å². The second kappa shape index (κ2) is 15.3. The zero-order valence-electron chi connectivity index (χ0n) is 42.4. The Labute approximate surface area is 419 Å². The van der Waals surface area contributed by atoms with Crippen LogP contribution in [0, 0.1) is 0 Å². The number of benzene rings is 9. The summed E-state index contributed by atoms with van der Waals surface area (Å²) in [6, 6.07) is 74.2. The van der Waals surface area contributed by atoms with Gasteiger partial charge in [0.2, 0.25) is 0 Å². The lowest BCUT2D eigenvalue weighted by Gasteiger charge is -2.36. The summed E-state index contributed by atoms with van der Waals surface area (Å²) in [7, 11) is -3.02. The molecule has 0 aliphatic carbocycles. The first-order valence-electron chi connectivity index (χ1n) is 25.5. The van der Waals surface area contributed by atoms with Crippen LogP contribution < -0.4 is 41.9 Å². The molecular formula is C66H59BN2OSi. The van der Waals surface area contributed by atoms with Gasteiger partial charge in [0.15, 0.2) is 8.07 Å². The molecule has 11 aromatic rings. The van der Waals surface area contributed by atoms with Crippen molar-refractivity contribution in [2.75, 3.05) is 0 Å². The molecule has 5 heteroatoms. The third-order valence-corrected chi connectivity index (χ3v) is 20.8. The molecule has 0 saturated heterocycles. The summed E-state index contributed by atoms with van der Waals surface area (Å²) in [5, 5.41) is 10.5. The SMILES string of the molecule is CC(C)(C)c1ccc2c(c1)B1c3c(cc(-n4c5ccccc5c5cccc([Si](c6ccccc6)(c6ccccc6)c6ccccc6)c54)cc3-n3c4ccc(C(C)(C)C)cc4c4cc(C(C)(C)C)cc1c43)O2. The third-order valence-electron chi connectivity index (χ3n) is 16.0. The summed E-state index contributed by atoms with van der Waals surface area (Å²) >= 11 is 0. The van der Waals surface area contributed by atoms with Crippen LogP contribution in [0.15, 0.2) is 194 Å².